The van der Waals surface area contributed by atoms with E-state index in [1.54, 1.807) is 19.2 Å². The summed E-state index contributed by atoms with van der Waals surface area (Å²) in [5.74, 6) is 1.82. The Labute approximate surface area is 123 Å². The van der Waals surface area contributed by atoms with Gasteiger partial charge in [0.15, 0.2) is 11.7 Å². The highest BCUT2D eigenvalue weighted by Gasteiger charge is 2.28. The molecule has 1 aliphatic rings. The van der Waals surface area contributed by atoms with Gasteiger partial charge in [0.05, 0.1) is 12.8 Å². The summed E-state index contributed by atoms with van der Waals surface area (Å²) in [7, 11) is 0. The Kier molecular flexibility index (Phi) is 3.86. The number of carbonyl (C=O) groups excluding carboxylic acids is 1. The van der Waals surface area contributed by atoms with Crippen molar-refractivity contribution in [1.29, 1.82) is 0 Å². The van der Waals surface area contributed by atoms with Crippen LogP contribution in [-0.2, 0) is 9.53 Å². The van der Waals surface area contributed by atoms with Crippen molar-refractivity contribution in [3.63, 3.8) is 0 Å². The molecule has 0 amide bonds. The zero-order valence-corrected chi connectivity index (χ0v) is 11.9. The molecule has 21 heavy (non-hydrogen) atoms. The summed E-state index contributed by atoms with van der Waals surface area (Å²) in [6.07, 6.45) is 7.29. The maximum atomic E-state index is 11.2. The van der Waals surface area contributed by atoms with Crippen molar-refractivity contribution < 1.29 is 13.9 Å². The van der Waals surface area contributed by atoms with Gasteiger partial charge in [0, 0.05) is 17.6 Å². The van der Waals surface area contributed by atoms with Crippen LogP contribution in [0.4, 0.5) is 0 Å². The first-order valence-corrected chi connectivity index (χ1v) is 7.17. The van der Waals surface area contributed by atoms with E-state index in [0.717, 1.165) is 22.8 Å². The summed E-state index contributed by atoms with van der Waals surface area (Å²) in [4.78, 5) is 15.6. The Hall–Kier alpha value is -2.36. The van der Waals surface area contributed by atoms with Gasteiger partial charge in [-0.15, -0.1) is 0 Å². The zero-order valence-electron chi connectivity index (χ0n) is 11.9. The van der Waals surface area contributed by atoms with Crippen LogP contribution in [0, 0.1) is 0 Å². The quantitative estimate of drug-likeness (QED) is 0.618. The minimum Gasteiger partial charge on any atom is -0.463 e. The fourth-order valence-corrected chi connectivity index (χ4v) is 2.05. The molecule has 3 rings (SSSR count). The van der Waals surface area contributed by atoms with Crippen LogP contribution >= 0.6 is 0 Å². The molecule has 0 radical (unpaired) electrons. The Balaban J connectivity index is 1.69. The molecular weight excluding hydrogens is 266 g/mol. The largest absolute Gasteiger partial charge is 0.463 e. The van der Waals surface area contributed by atoms with E-state index in [2.05, 4.69) is 4.98 Å². The Morgan fingerprint density at radius 2 is 2.14 bits per heavy atom. The van der Waals surface area contributed by atoms with Gasteiger partial charge in [0.1, 0.15) is 0 Å². The van der Waals surface area contributed by atoms with Crippen LogP contribution in [-0.4, -0.2) is 17.6 Å². The normalized spacial score (nSPS) is 14.5. The third-order valence-corrected chi connectivity index (χ3v) is 3.34. The van der Waals surface area contributed by atoms with Crippen molar-refractivity contribution in [1.82, 2.24) is 4.98 Å². The highest BCUT2D eigenvalue weighted by Crippen LogP contribution is 2.40. The number of oxazole rings is 1. The lowest BCUT2D eigenvalue weighted by molar-refractivity contribution is -0.137. The number of aromatic nitrogens is 1. The average Bonchev–Trinajstić information content (AvgIpc) is 3.24. The molecular formula is C17H17NO3. The molecule has 1 fully saturated rings. The first kappa shape index (κ1) is 13.6. The van der Waals surface area contributed by atoms with Gasteiger partial charge in [-0.2, -0.15) is 0 Å². The lowest BCUT2D eigenvalue weighted by Crippen LogP contribution is -1.98. The third kappa shape index (κ3) is 3.40. The highest BCUT2D eigenvalue weighted by atomic mass is 16.5. The molecule has 4 nitrogen and oxygen atoms in total. The van der Waals surface area contributed by atoms with E-state index < -0.39 is 0 Å². The van der Waals surface area contributed by atoms with Crippen LogP contribution in [0.1, 0.15) is 37.1 Å². The predicted molar refractivity (Wildman–Crippen MR) is 79.6 cm³/mol. The number of rotatable bonds is 5. The first-order valence-electron chi connectivity index (χ1n) is 7.17. The third-order valence-electron chi connectivity index (χ3n) is 3.34. The van der Waals surface area contributed by atoms with Gasteiger partial charge in [-0.05, 0) is 31.4 Å². The van der Waals surface area contributed by atoms with Crippen molar-refractivity contribution in [3.05, 3.63) is 48.0 Å². The highest BCUT2D eigenvalue weighted by molar-refractivity contribution is 5.87. The van der Waals surface area contributed by atoms with Crippen LogP contribution in [0.3, 0.4) is 0 Å². The van der Waals surface area contributed by atoms with Gasteiger partial charge in [-0.3, -0.25) is 0 Å². The topological polar surface area (TPSA) is 52.3 Å². The summed E-state index contributed by atoms with van der Waals surface area (Å²) in [6, 6.07) is 7.79. The van der Waals surface area contributed by atoms with Crippen molar-refractivity contribution in [2.24, 2.45) is 0 Å². The molecule has 0 aliphatic heterocycles. The Morgan fingerprint density at radius 3 is 2.81 bits per heavy atom. The minimum atomic E-state index is -0.328. The first-order chi connectivity index (χ1) is 10.3. The number of ether oxygens (including phenoxy) is 1. The molecule has 2 aromatic rings. The Morgan fingerprint density at radius 1 is 1.38 bits per heavy atom. The van der Waals surface area contributed by atoms with Crippen molar-refractivity contribution in [3.8, 4) is 11.3 Å². The lowest BCUT2D eigenvalue weighted by Gasteiger charge is -1.98. The number of esters is 1. The second kappa shape index (κ2) is 5.95. The van der Waals surface area contributed by atoms with Gasteiger partial charge in [0.25, 0.3) is 0 Å². The molecule has 1 heterocycles. The summed E-state index contributed by atoms with van der Waals surface area (Å²) in [5.41, 5.74) is 1.93. The number of carbonyl (C=O) groups is 1. The molecule has 1 saturated carbocycles. The van der Waals surface area contributed by atoms with Gasteiger partial charge in [0.2, 0.25) is 0 Å². The van der Waals surface area contributed by atoms with E-state index in [1.165, 1.54) is 18.9 Å². The van der Waals surface area contributed by atoms with Crippen LogP contribution in [0.25, 0.3) is 17.4 Å². The van der Waals surface area contributed by atoms with Gasteiger partial charge < -0.3 is 9.15 Å². The monoisotopic (exact) mass is 283 g/mol. The number of nitrogens with zero attached hydrogens (tertiary/aromatic N) is 1. The van der Waals surface area contributed by atoms with Gasteiger partial charge in [-0.1, -0.05) is 24.3 Å². The fraction of sp³-hybridized carbons (Fsp3) is 0.294. The smallest absolute Gasteiger partial charge is 0.330 e. The molecule has 1 aromatic heterocycles. The summed E-state index contributed by atoms with van der Waals surface area (Å²) in [5, 5.41) is 0. The molecule has 108 valence electrons. The van der Waals surface area contributed by atoms with Crippen molar-refractivity contribution in [2.45, 2.75) is 25.7 Å². The maximum Gasteiger partial charge on any atom is 0.330 e. The molecule has 0 saturated heterocycles. The van der Waals surface area contributed by atoms with E-state index >= 15 is 0 Å². The van der Waals surface area contributed by atoms with Crippen molar-refractivity contribution >= 4 is 12.0 Å². The minimum absolute atomic E-state index is 0.328. The fourth-order valence-electron chi connectivity index (χ4n) is 2.05. The van der Waals surface area contributed by atoms with Gasteiger partial charge in [-0.25, -0.2) is 9.78 Å². The molecule has 1 aliphatic carbocycles. The molecule has 4 heteroatoms. The van der Waals surface area contributed by atoms with E-state index in [0.29, 0.717) is 12.5 Å². The second-order valence-electron chi connectivity index (χ2n) is 5.04. The maximum absolute atomic E-state index is 11.2. The summed E-state index contributed by atoms with van der Waals surface area (Å²) >= 11 is 0. The Bertz CT molecular complexity index is 651. The van der Waals surface area contributed by atoms with Crippen LogP contribution < -0.4 is 0 Å². The molecule has 0 N–H and O–H groups in total. The number of benzene rings is 1. The van der Waals surface area contributed by atoms with Crippen molar-refractivity contribution in [2.75, 3.05) is 6.61 Å². The number of hydrogen-bond acceptors (Lipinski definition) is 4. The van der Waals surface area contributed by atoms with Crippen LogP contribution in [0.2, 0.25) is 0 Å². The van der Waals surface area contributed by atoms with Crippen LogP contribution in [0.15, 0.2) is 41.0 Å². The van der Waals surface area contributed by atoms with E-state index in [4.69, 9.17) is 9.15 Å². The molecule has 1 aromatic carbocycles. The SMILES string of the molecule is CCOC(=O)C=Cc1ccc(-c2cnc(C3CC3)o2)cc1. The second-order valence-corrected chi connectivity index (χ2v) is 5.04. The number of hydrogen-bond donors (Lipinski definition) is 0. The molecule has 0 unspecified atom stereocenters. The summed E-state index contributed by atoms with van der Waals surface area (Å²) < 4.78 is 10.6. The molecule has 0 spiro atoms. The van der Waals surface area contributed by atoms with E-state index in [9.17, 15) is 4.79 Å². The van der Waals surface area contributed by atoms with Gasteiger partial charge >= 0.3 is 5.97 Å². The molecule has 0 atom stereocenters. The summed E-state index contributed by atoms with van der Waals surface area (Å²) in [6.45, 7) is 2.17. The lowest BCUT2D eigenvalue weighted by atomic mass is 10.1. The van der Waals surface area contributed by atoms with E-state index in [-0.39, 0.29) is 5.97 Å². The zero-order chi connectivity index (χ0) is 14.7. The predicted octanol–water partition coefficient (Wildman–Crippen LogP) is 3.80. The standard InChI is InChI=1S/C17H17NO3/c1-2-20-16(19)10-5-12-3-6-13(7-4-12)15-11-18-17(21-15)14-8-9-14/h3-7,10-11,14H,2,8-9H2,1H3. The van der Waals surface area contributed by atoms with Crippen LogP contribution in [0.5, 0.6) is 0 Å². The molecule has 0 bridgehead atoms. The van der Waals surface area contributed by atoms with E-state index in [1.807, 2.05) is 24.3 Å². The average molecular weight is 283 g/mol.